The van der Waals surface area contributed by atoms with Gasteiger partial charge in [-0.2, -0.15) is 0 Å². The van der Waals surface area contributed by atoms with Gasteiger partial charge in [0.25, 0.3) is 0 Å². The van der Waals surface area contributed by atoms with Gasteiger partial charge in [0.15, 0.2) is 6.04 Å². The highest BCUT2D eigenvalue weighted by Gasteiger charge is 2.23. The maximum absolute atomic E-state index is 12.8. The predicted octanol–water partition coefficient (Wildman–Crippen LogP) is 1.74. The lowest BCUT2D eigenvalue weighted by Gasteiger charge is -2.14. The van der Waals surface area contributed by atoms with Crippen LogP contribution in [0.15, 0.2) is 18.2 Å². The molecule has 0 fully saturated rings. The molecule has 1 aromatic rings. The van der Waals surface area contributed by atoms with Gasteiger partial charge in [-0.3, -0.25) is 4.79 Å². The molecule has 16 heavy (non-hydrogen) atoms. The second kappa shape index (κ2) is 4.94. The monoisotopic (exact) mass is 245 g/mol. The highest BCUT2D eigenvalue weighted by atomic mass is 35.5. The van der Waals surface area contributed by atoms with Gasteiger partial charge in [-0.1, -0.05) is 17.7 Å². The number of carboxylic acid groups (broad SMARTS) is 1. The zero-order valence-electron chi connectivity index (χ0n) is 8.33. The number of carbonyl (C=O) groups is 2. The smallest absolute Gasteiger partial charge is 0.330 e. The van der Waals surface area contributed by atoms with Crippen LogP contribution in [0.2, 0.25) is 5.02 Å². The number of carboxylic acids is 1. The van der Waals surface area contributed by atoms with Gasteiger partial charge >= 0.3 is 5.97 Å². The number of halogens is 2. The van der Waals surface area contributed by atoms with Crippen molar-refractivity contribution < 1.29 is 19.1 Å². The molecule has 0 aromatic heterocycles. The van der Waals surface area contributed by atoms with Crippen LogP contribution >= 0.6 is 11.6 Å². The number of rotatable bonds is 3. The third-order valence-corrected chi connectivity index (χ3v) is 2.20. The highest BCUT2D eigenvalue weighted by Crippen LogP contribution is 2.24. The minimum absolute atomic E-state index is 0.0406. The van der Waals surface area contributed by atoms with Gasteiger partial charge in [0.2, 0.25) is 5.91 Å². The van der Waals surface area contributed by atoms with E-state index < -0.39 is 23.7 Å². The molecular weight excluding hydrogens is 237 g/mol. The molecule has 0 saturated heterocycles. The molecule has 0 heterocycles. The minimum Gasteiger partial charge on any atom is -0.479 e. The van der Waals surface area contributed by atoms with E-state index in [4.69, 9.17) is 16.7 Å². The van der Waals surface area contributed by atoms with Crippen LogP contribution in [0.1, 0.15) is 18.5 Å². The zero-order valence-corrected chi connectivity index (χ0v) is 9.08. The summed E-state index contributed by atoms with van der Waals surface area (Å²) >= 11 is 5.70. The molecule has 1 atom stereocenters. The van der Waals surface area contributed by atoms with E-state index in [9.17, 15) is 14.0 Å². The van der Waals surface area contributed by atoms with Crippen LogP contribution in [0.3, 0.4) is 0 Å². The first-order valence-electron chi connectivity index (χ1n) is 4.36. The number of hydrogen-bond acceptors (Lipinski definition) is 2. The fourth-order valence-electron chi connectivity index (χ4n) is 1.21. The van der Waals surface area contributed by atoms with Gasteiger partial charge in [0, 0.05) is 17.5 Å². The molecule has 1 rings (SSSR count). The van der Waals surface area contributed by atoms with Crippen molar-refractivity contribution in [2.75, 3.05) is 0 Å². The Bertz CT molecular complexity index is 436. The third kappa shape index (κ3) is 2.93. The second-order valence-electron chi connectivity index (χ2n) is 3.14. The van der Waals surface area contributed by atoms with Gasteiger partial charge in [-0.25, -0.2) is 9.18 Å². The molecule has 0 saturated carbocycles. The Kier molecular flexibility index (Phi) is 3.84. The standard InChI is InChI=1S/C10H9ClFNO3/c1-5(14)13-9(10(15)16)7-3-2-6(12)4-8(7)11/h2-4,9H,1H3,(H,13,14)(H,15,16). The molecule has 0 bridgehead atoms. The first-order chi connectivity index (χ1) is 7.41. The lowest BCUT2D eigenvalue weighted by molar-refractivity contribution is -0.141. The van der Waals surface area contributed by atoms with Crippen LogP contribution in [0.4, 0.5) is 4.39 Å². The number of hydrogen-bond donors (Lipinski definition) is 2. The van der Waals surface area contributed by atoms with Crippen molar-refractivity contribution in [1.82, 2.24) is 5.32 Å². The number of carbonyl (C=O) groups excluding carboxylic acids is 1. The third-order valence-electron chi connectivity index (χ3n) is 1.87. The maximum Gasteiger partial charge on any atom is 0.330 e. The average Bonchev–Trinajstić information content (AvgIpc) is 2.14. The van der Waals surface area contributed by atoms with E-state index in [1.54, 1.807) is 0 Å². The summed E-state index contributed by atoms with van der Waals surface area (Å²) < 4.78 is 12.8. The molecule has 0 aliphatic heterocycles. The number of nitrogens with one attached hydrogen (secondary N) is 1. The molecule has 4 nitrogen and oxygen atoms in total. The van der Waals surface area contributed by atoms with Crippen LogP contribution in [0.25, 0.3) is 0 Å². The lowest BCUT2D eigenvalue weighted by Crippen LogP contribution is -2.32. The molecule has 0 aliphatic carbocycles. The van der Waals surface area contributed by atoms with E-state index in [1.165, 1.54) is 13.0 Å². The first-order valence-corrected chi connectivity index (χ1v) is 4.74. The van der Waals surface area contributed by atoms with E-state index >= 15 is 0 Å². The molecule has 6 heteroatoms. The lowest BCUT2D eigenvalue weighted by atomic mass is 10.1. The number of benzene rings is 1. The Morgan fingerprint density at radius 1 is 1.50 bits per heavy atom. The van der Waals surface area contributed by atoms with Crippen molar-refractivity contribution in [3.8, 4) is 0 Å². The van der Waals surface area contributed by atoms with E-state index in [0.717, 1.165) is 12.1 Å². The SMILES string of the molecule is CC(=O)NC(C(=O)O)c1ccc(F)cc1Cl. The summed E-state index contributed by atoms with van der Waals surface area (Å²) in [6, 6.07) is 2.03. The minimum atomic E-state index is -1.27. The maximum atomic E-state index is 12.8. The molecule has 0 radical (unpaired) electrons. The summed E-state index contributed by atoms with van der Waals surface area (Å²) in [7, 11) is 0. The second-order valence-corrected chi connectivity index (χ2v) is 3.54. The summed E-state index contributed by atoms with van der Waals surface area (Å²) in [6.45, 7) is 1.19. The Balaban J connectivity index is 3.10. The van der Waals surface area contributed by atoms with Crippen molar-refractivity contribution in [2.45, 2.75) is 13.0 Å². The topological polar surface area (TPSA) is 66.4 Å². The van der Waals surface area contributed by atoms with Crippen molar-refractivity contribution in [3.05, 3.63) is 34.6 Å². The summed E-state index contributed by atoms with van der Waals surface area (Å²) in [5.74, 6) is -2.34. The quantitative estimate of drug-likeness (QED) is 0.852. The number of aliphatic carboxylic acids is 1. The highest BCUT2D eigenvalue weighted by molar-refractivity contribution is 6.31. The molecule has 0 aliphatic rings. The Labute approximate surface area is 96.0 Å². The van der Waals surface area contributed by atoms with E-state index in [1.807, 2.05) is 0 Å². The Hall–Kier alpha value is -1.62. The summed E-state index contributed by atoms with van der Waals surface area (Å²) in [4.78, 5) is 21.7. The largest absolute Gasteiger partial charge is 0.479 e. The van der Waals surface area contributed by atoms with Gasteiger partial charge < -0.3 is 10.4 Å². The normalized spacial score (nSPS) is 11.9. The molecule has 1 unspecified atom stereocenters. The molecule has 2 N–H and O–H groups in total. The van der Waals surface area contributed by atoms with Crippen LogP contribution in [-0.4, -0.2) is 17.0 Å². The predicted molar refractivity (Wildman–Crippen MR) is 55.6 cm³/mol. The molecule has 86 valence electrons. The van der Waals surface area contributed by atoms with Crippen molar-refractivity contribution in [1.29, 1.82) is 0 Å². The van der Waals surface area contributed by atoms with Crippen LogP contribution in [0.5, 0.6) is 0 Å². The molecule has 1 aromatic carbocycles. The van der Waals surface area contributed by atoms with Crippen LogP contribution in [-0.2, 0) is 9.59 Å². The Morgan fingerprint density at radius 2 is 2.12 bits per heavy atom. The Morgan fingerprint density at radius 3 is 2.56 bits per heavy atom. The average molecular weight is 246 g/mol. The van der Waals surface area contributed by atoms with Gasteiger partial charge in [-0.15, -0.1) is 0 Å². The van der Waals surface area contributed by atoms with Crippen LogP contribution < -0.4 is 5.32 Å². The van der Waals surface area contributed by atoms with E-state index in [2.05, 4.69) is 5.32 Å². The summed E-state index contributed by atoms with van der Waals surface area (Å²) in [5.41, 5.74) is 0.144. The van der Waals surface area contributed by atoms with Crippen molar-refractivity contribution >= 4 is 23.5 Å². The van der Waals surface area contributed by atoms with Crippen molar-refractivity contribution in [3.63, 3.8) is 0 Å². The molecule has 0 spiro atoms. The first kappa shape index (κ1) is 12.4. The fourth-order valence-corrected chi connectivity index (χ4v) is 1.49. The molecule has 1 amide bonds. The fraction of sp³-hybridized carbons (Fsp3) is 0.200. The van der Waals surface area contributed by atoms with Gasteiger partial charge in [0.1, 0.15) is 5.82 Å². The summed E-state index contributed by atoms with van der Waals surface area (Å²) in [5, 5.41) is 11.1. The van der Waals surface area contributed by atoms with E-state index in [0.29, 0.717) is 0 Å². The summed E-state index contributed by atoms with van der Waals surface area (Å²) in [6.07, 6.45) is 0. The molecular formula is C10H9ClFNO3. The zero-order chi connectivity index (χ0) is 12.3. The van der Waals surface area contributed by atoms with Gasteiger partial charge in [-0.05, 0) is 12.1 Å². The van der Waals surface area contributed by atoms with E-state index in [-0.39, 0.29) is 10.6 Å². The number of amides is 1. The van der Waals surface area contributed by atoms with Gasteiger partial charge in [0.05, 0.1) is 0 Å². The van der Waals surface area contributed by atoms with Crippen molar-refractivity contribution in [2.24, 2.45) is 0 Å². The van der Waals surface area contributed by atoms with Crippen LogP contribution in [0, 0.1) is 5.82 Å².